The van der Waals surface area contributed by atoms with E-state index in [1.807, 2.05) is 24.3 Å². The van der Waals surface area contributed by atoms with E-state index in [-0.39, 0.29) is 17.9 Å². The number of ether oxygens (including phenoxy) is 1. The van der Waals surface area contributed by atoms with E-state index in [0.29, 0.717) is 28.5 Å². The Balaban J connectivity index is 1.47. The maximum Gasteiger partial charge on any atom is 0.415 e. The third kappa shape index (κ3) is 4.97. The van der Waals surface area contributed by atoms with Crippen molar-refractivity contribution in [3.8, 4) is 0 Å². The van der Waals surface area contributed by atoms with E-state index in [9.17, 15) is 14.4 Å². The van der Waals surface area contributed by atoms with Crippen molar-refractivity contribution in [3.63, 3.8) is 0 Å². The number of rotatable bonds is 5. The molecule has 1 aromatic heterocycles. The molecule has 1 aliphatic heterocycles. The fourth-order valence-corrected chi connectivity index (χ4v) is 4.85. The van der Waals surface area contributed by atoms with Gasteiger partial charge in [-0.05, 0) is 69.5 Å². The first-order valence-corrected chi connectivity index (χ1v) is 12.8. The number of anilines is 3. The van der Waals surface area contributed by atoms with Crippen LogP contribution < -0.4 is 15.1 Å². The van der Waals surface area contributed by atoms with Gasteiger partial charge in [0.1, 0.15) is 11.6 Å². The lowest BCUT2D eigenvalue weighted by Gasteiger charge is -2.31. The van der Waals surface area contributed by atoms with Crippen molar-refractivity contribution in [3.05, 3.63) is 71.2 Å². The average molecular weight is 505 g/mol. The third-order valence-corrected chi connectivity index (χ3v) is 6.74. The van der Waals surface area contributed by atoms with Gasteiger partial charge in [0, 0.05) is 29.6 Å². The van der Waals surface area contributed by atoms with Crippen LogP contribution in [0, 0.1) is 0 Å². The van der Waals surface area contributed by atoms with Gasteiger partial charge in [0.25, 0.3) is 11.8 Å². The van der Waals surface area contributed by atoms with Gasteiger partial charge in [-0.1, -0.05) is 18.2 Å². The molecule has 1 unspecified atom stereocenters. The molecule has 2 heterocycles. The molecular formula is C27H28N4O4S. The van der Waals surface area contributed by atoms with Gasteiger partial charge in [-0.3, -0.25) is 19.4 Å². The molecular weight excluding hydrogens is 476 g/mol. The normalized spacial score (nSPS) is 16.9. The molecule has 1 fully saturated rings. The van der Waals surface area contributed by atoms with Crippen LogP contribution in [-0.4, -0.2) is 40.6 Å². The van der Waals surface area contributed by atoms with Crippen LogP contribution in [0.4, 0.5) is 21.3 Å². The number of aromatic nitrogens is 1. The summed E-state index contributed by atoms with van der Waals surface area (Å²) in [6.07, 6.45) is 3.43. The Morgan fingerprint density at radius 1 is 1.08 bits per heavy atom. The van der Waals surface area contributed by atoms with E-state index in [0.717, 1.165) is 18.4 Å². The molecule has 1 N–H and O–H groups in total. The predicted molar refractivity (Wildman–Crippen MR) is 139 cm³/mol. The molecule has 1 saturated carbocycles. The van der Waals surface area contributed by atoms with Crippen molar-refractivity contribution >= 4 is 45.8 Å². The van der Waals surface area contributed by atoms with Gasteiger partial charge < -0.3 is 10.1 Å². The van der Waals surface area contributed by atoms with Crippen molar-refractivity contribution in [2.75, 3.05) is 9.80 Å². The molecule has 2 aromatic carbocycles. The molecule has 0 spiro atoms. The molecule has 0 bridgehead atoms. The summed E-state index contributed by atoms with van der Waals surface area (Å²) < 4.78 is 5.67. The van der Waals surface area contributed by atoms with E-state index in [2.05, 4.69) is 10.3 Å². The molecule has 9 heteroatoms. The number of nitrogens with one attached hydrogen (secondary N) is 1. The number of carbonyl (C=O) groups is 3. The zero-order valence-corrected chi connectivity index (χ0v) is 21.2. The number of benzene rings is 2. The van der Waals surface area contributed by atoms with Gasteiger partial charge in [-0.15, -0.1) is 11.3 Å². The molecule has 3 aromatic rings. The van der Waals surface area contributed by atoms with Crippen LogP contribution in [0.25, 0.3) is 0 Å². The zero-order chi connectivity index (χ0) is 25.4. The molecule has 5 rings (SSSR count). The lowest BCUT2D eigenvalue weighted by molar-refractivity contribution is -0.119. The number of hydrogen-bond acceptors (Lipinski definition) is 6. The summed E-state index contributed by atoms with van der Waals surface area (Å²) >= 11 is 1.32. The summed E-state index contributed by atoms with van der Waals surface area (Å²) in [6.45, 7) is 5.39. The number of fused-ring (bicyclic) bond motifs is 1. The highest BCUT2D eigenvalue weighted by Gasteiger charge is 2.43. The molecule has 8 nitrogen and oxygen atoms in total. The molecule has 36 heavy (non-hydrogen) atoms. The Kier molecular flexibility index (Phi) is 6.26. The van der Waals surface area contributed by atoms with Crippen LogP contribution in [-0.2, 0) is 16.0 Å². The van der Waals surface area contributed by atoms with E-state index < -0.39 is 17.7 Å². The quantitative estimate of drug-likeness (QED) is 0.524. The molecule has 1 atom stereocenters. The molecule has 0 saturated heterocycles. The van der Waals surface area contributed by atoms with Crippen LogP contribution in [0.3, 0.4) is 0 Å². The highest BCUT2D eigenvalue weighted by Crippen LogP contribution is 2.37. The second kappa shape index (κ2) is 9.39. The Morgan fingerprint density at radius 2 is 1.81 bits per heavy atom. The van der Waals surface area contributed by atoms with Gasteiger partial charge in [-0.25, -0.2) is 9.78 Å². The first kappa shape index (κ1) is 24.0. The standard InChI is InChI=1S/C27H28N4O4S/c1-27(2,3)35-26(34)31-21-7-5-4-6-18(21)16-22(31)24(33)30(25-28-14-15-36-25)20-12-8-17(9-13-20)23(32)29-19-10-11-19/h4-9,12-15,19,22H,10-11,16H2,1-3H3,(H,29,32). The SMILES string of the molecule is CC(C)(C)OC(=O)N1c2ccccc2CC1C(=O)N(c1ccc(C(=O)NC2CC2)cc1)c1nccs1. The van der Waals surface area contributed by atoms with E-state index in [1.54, 1.807) is 56.6 Å². The number of hydrogen-bond donors (Lipinski definition) is 1. The monoisotopic (exact) mass is 504 g/mol. The summed E-state index contributed by atoms with van der Waals surface area (Å²) in [5.41, 5.74) is 1.94. The van der Waals surface area contributed by atoms with E-state index >= 15 is 0 Å². The van der Waals surface area contributed by atoms with Crippen molar-refractivity contribution in [2.24, 2.45) is 0 Å². The second-order valence-corrected chi connectivity index (χ2v) is 10.9. The highest BCUT2D eigenvalue weighted by molar-refractivity contribution is 7.13. The molecule has 1 aliphatic carbocycles. The number of nitrogens with zero attached hydrogens (tertiary/aromatic N) is 3. The van der Waals surface area contributed by atoms with Gasteiger partial charge >= 0.3 is 6.09 Å². The van der Waals surface area contributed by atoms with Gasteiger partial charge in [0.05, 0.1) is 11.4 Å². The lowest BCUT2D eigenvalue weighted by Crippen LogP contribution is -2.50. The second-order valence-electron chi connectivity index (χ2n) is 9.98. The smallest absolute Gasteiger partial charge is 0.415 e. The summed E-state index contributed by atoms with van der Waals surface area (Å²) in [4.78, 5) is 47.2. The molecule has 3 amide bonds. The minimum Gasteiger partial charge on any atom is -0.443 e. The van der Waals surface area contributed by atoms with Crippen LogP contribution in [0.2, 0.25) is 0 Å². The van der Waals surface area contributed by atoms with Gasteiger partial charge in [0.2, 0.25) is 0 Å². The first-order valence-electron chi connectivity index (χ1n) is 12.0. The summed E-state index contributed by atoms with van der Waals surface area (Å²) in [5, 5.41) is 5.25. The van der Waals surface area contributed by atoms with Crippen molar-refractivity contribution in [1.82, 2.24) is 10.3 Å². The molecule has 0 radical (unpaired) electrons. The number of thiazole rings is 1. The Bertz CT molecular complexity index is 1280. The number of carbonyl (C=O) groups excluding carboxylic acids is 3. The van der Waals surface area contributed by atoms with Crippen molar-refractivity contribution in [1.29, 1.82) is 0 Å². The zero-order valence-electron chi connectivity index (χ0n) is 20.4. The minimum atomic E-state index is -0.806. The van der Waals surface area contributed by atoms with Crippen LogP contribution in [0.15, 0.2) is 60.1 Å². The number of para-hydroxylation sites is 1. The summed E-state index contributed by atoms with van der Waals surface area (Å²) in [5.74, 6) is -0.430. The van der Waals surface area contributed by atoms with Crippen molar-refractivity contribution in [2.45, 2.75) is 57.7 Å². The predicted octanol–water partition coefficient (Wildman–Crippen LogP) is 5.07. The van der Waals surface area contributed by atoms with Crippen molar-refractivity contribution < 1.29 is 19.1 Å². The largest absolute Gasteiger partial charge is 0.443 e. The highest BCUT2D eigenvalue weighted by atomic mass is 32.1. The van der Waals surface area contributed by atoms with E-state index in [4.69, 9.17) is 4.74 Å². The Hall–Kier alpha value is -3.72. The topological polar surface area (TPSA) is 91.8 Å². The summed E-state index contributed by atoms with van der Waals surface area (Å²) in [7, 11) is 0. The van der Waals surface area contributed by atoms with Crippen LogP contribution in [0.5, 0.6) is 0 Å². The Morgan fingerprint density at radius 3 is 2.44 bits per heavy atom. The molecule has 186 valence electrons. The van der Waals surface area contributed by atoms with Gasteiger partial charge in [-0.2, -0.15) is 0 Å². The Labute approximate surface area is 213 Å². The van der Waals surface area contributed by atoms with Crippen LogP contribution >= 0.6 is 11.3 Å². The minimum absolute atomic E-state index is 0.126. The maximum atomic E-state index is 14.1. The van der Waals surface area contributed by atoms with E-state index in [1.165, 1.54) is 21.1 Å². The van der Waals surface area contributed by atoms with Gasteiger partial charge in [0.15, 0.2) is 5.13 Å². The fourth-order valence-electron chi connectivity index (χ4n) is 4.19. The van der Waals surface area contributed by atoms with Crippen LogP contribution in [0.1, 0.15) is 49.5 Å². The lowest BCUT2D eigenvalue weighted by atomic mass is 10.1. The summed E-state index contributed by atoms with van der Waals surface area (Å²) in [6, 6.07) is 13.8. The third-order valence-electron chi connectivity index (χ3n) is 5.98. The first-order chi connectivity index (χ1) is 17.2. The fraction of sp³-hybridized carbons (Fsp3) is 0.333. The molecule has 2 aliphatic rings. The average Bonchev–Trinajstić information content (AvgIpc) is 3.33. The number of amides is 3. The maximum absolute atomic E-state index is 14.1.